The summed E-state index contributed by atoms with van der Waals surface area (Å²) in [5, 5.41) is 0. The van der Waals surface area contributed by atoms with Crippen LogP contribution in [0.1, 0.15) is 18.9 Å². The van der Waals surface area contributed by atoms with Gasteiger partial charge in [-0.2, -0.15) is 0 Å². The number of hydrogen-bond acceptors (Lipinski definition) is 3. The number of nitrogens with zero attached hydrogens (tertiary/aromatic N) is 1. The van der Waals surface area contributed by atoms with Crippen LogP contribution in [-0.2, 0) is 4.84 Å². The largest absolute Gasteiger partial charge is 0.346 e. The minimum atomic E-state index is -0.153. The number of nitrogens with one attached hydrogen (secondary N) is 1. The average Bonchev–Trinajstić information content (AvgIpc) is 2.37. The maximum atomic E-state index is 4.90. The van der Waals surface area contributed by atoms with Crippen LogP contribution in [0.2, 0.25) is 0 Å². The van der Waals surface area contributed by atoms with Gasteiger partial charge in [-0.3, -0.25) is 4.84 Å². The topological polar surface area (TPSA) is 63.9 Å². The molecule has 3 N–H and O–H groups in total. The van der Waals surface area contributed by atoms with Crippen molar-refractivity contribution >= 4 is 0 Å². The van der Waals surface area contributed by atoms with Crippen LogP contribution in [0.15, 0.2) is 12.4 Å². The zero-order valence-electron chi connectivity index (χ0n) is 5.16. The Morgan fingerprint density at radius 1 is 1.89 bits per heavy atom. The minimum absolute atomic E-state index is 0.153. The van der Waals surface area contributed by atoms with Gasteiger partial charge in [0.25, 0.3) is 0 Å². The van der Waals surface area contributed by atoms with E-state index in [2.05, 4.69) is 14.8 Å². The van der Waals surface area contributed by atoms with Gasteiger partial charge in [-0.25, -0.2) is 10.9 Å². The van der Waals surface area contributed by atoms with E-state index in [4.69, 9.17) is 5.90 Å². The molecule has 0 fully saturated rings. The van der Waals surface area contributed by atoms with Gasteiger partial charge in [-0.05, 0) is 6.92 Å². The van der Waals surface area contributed by atoms with Gasteiger partial charge in [0.15, 0.2) is 0 Å². The molecular formula is C5H9N3O. The zero-order chi connectivity index (χ0) is 6.69. The van der Waals surface area contributed by atoms with E-state index in [1.807, 2.05) is 6.92 Å². The van der Waals surface area contributed by atoms with Crippen LogP contribution in [-0.4, -0.2) is 9.97 Å². The SMILES string of the molecule is CC(ON)c1ncc[nH]1. The Kier molecular flexibility index (Phi) is 1.81. The molecule has 1 unspecified atom stereocenters. The summed E-state index contributed by atoms with van der Waals surface area (Å²) in [7, 11) is 0. The van der Waals surface area contributed by atoms with E-state index < -0.39 is 0 Å². The molecule has 0 bridgehead atoms. The molecule has 0 spiro atoms. The lowest BCUT2D eigenvalue weighted by molar-refractivity contribution is 0.0608. The fraction of sp³-hybridized carbons (Fsp3) is 0.400. The summed E-state index contributed by atoms with van der Waals surface area (Å²) in [6.45, 7) is 1.82. The standard InChI is InChI=1S/C5H9N3O/c1-4(9-6)5-7-2-3-8-5/h2-4H,6H2,1H3,(H,7,8). The summed E-state index contributed by atoms with van der Waals surface area (Å²) in [6, 6.07) is 0. The molecule has 0 aliphatic carbocycles. The smallest absolute Gasteiger partial charge is 0.137 e. The number of aromatic amines is 1. The molecule has 1 aromatic rings. The number of nitrogens with two attached hydrogens (primary N) is 1. The molecule has 4 nitrogen and oxygen atoms in total. The summed E-state index contributed by atoms with van der Waals surface area (Å²) < 4.78 is 0. The Morgan fingerprint density at radius 3 is 3.11 bits per heavy atom. The van der Waals surface area contributed by atoms with Crippen molar-refractivity contribution in [2.45, 2.75) is 13.0 Å². The van der Waals surface area contributed by atoms with Crippen molar-refractivity contribution < 1.29 is 4.84 Å². The van der Waals surface area contributed by atoms with Crippen molar-refractivity contribution in [1.29, 1.82) is 0 Å². The monoisotopic (exact) mass is 127 g/mol. The Morgan fingerprint density at radius 2 is 2.67 bits per heavy atom. The number of imidazole rings is 1. The van der Waals surface area contributed by atoms with Crippen LogP contribution >= 0.6 is 0 Å². The van der Waals surface area contributed by atoms with E-state index >= 15 is 0 Å². The molecule has 1 heterocycles. The van der Waals surface area contributed by atoms with Gasteiger partial charge in [0.05, 0.1) is 0 Å². The number of rotatable bonds is 2. The van der Waals surface area contributed by atoms with E-state index in [1.54, 1.807) is 12.4 Å². The van der Waals surface area contributed by atoms with Gasteiger partial charge >= 0.3 is 0 Å². The fourth-order valence-electron chi connectivity index (χ4n) is 0.564. The highest BCUT2D eigenvalue weighted by molar-refractivity contribution is 4.89. The summed E-state index contributed by atoms with van der Waals surface area (Å²) >= 11 is 0. The average molecular weight is 127 g/mol. The van der Waals surface area contributed by atoms with Crippen molar-refractivity contribution in [3.8, 4) is 0 Å². The molecule has 0 aliphatic heterocycles. The first kappa shape index (κ1) is 6.25. The Hall–Kier alpha value is -0.870. The molecule has 0 aliphatic rings. The highest BCUT2D eigenvalue weighted by Crippen LogP contribution is 2.06. The van der Waals surface area contributed by atoms with Crippen LogP contribution in [0.3, 0.4) is 0 Å². The van der Waals surface area contributed by atoms with Crippen molar-refractivity contribution in [3.05, 3.63) is 18.2 Å². The van der Waals surface area contributed by atoms with Crippen molar-refractivity contribution in [2.75, 3.05) is 0 Å². The molecule has 0 radical (unpaired) electrons. The Balaban J connectivity index is 2.65. The third kappa shape index (κ3) is 1.28. The van der Waals surface area contributed by atoms with Gasteiger partial charge in [-0.1, -0.05) is 0 Å². The molecule has 4 heteroatoms. The third-order valence-corrected chi connectivity index (χ3v) is 1.11. The van der Waals surface area contributed by atoms with E-state index in [1.165, 1.54) is 0 Å². The second-order valence-corrected chi connectivity index (χ2v) is 1.75. The molecule has 0 saturated heterocycles. The first-order chi connectivity index (χ1) is 4.34. The first-order valence-electron chi connectivity index (χ1n) is 2.69. The predicted molar refractivity (Wildman–Crippen MR) is 32.3 cm³/mol. The molecule has 0 amide bonds. The Labute approximate surface area is 53.0 Å². The quantitative estimate of drug-likeness (QED) is 0.564. The van der Waals surface area contributed by atoms with Crippen LogP contribution in [0, 0.1) is 0 Å². The summed E-state index contributed by atoms with van der Waals surface area (Å²) in [5.74, 6) is 5.65. The van der Waals surface area contributed by atoms with Crippen molar-refractivity contribution in [2.24, 2.45) is 5.90 Å². The van der Waals surface area contributed by atoms with Gasteiger partial charge in [0.1, 0.15) is 11.9 Å². The highest BCUT2D eigenvalue weighted by atomic mass is 16.6. The molecule has 0 saturated carbocycles. The predicted octanol–water partition coefficient (Wildman–Crippen LogP) is 0.361. The van der Waals surface area contributed by atoms with Gasteiger partial charge in [0, 0.05) is 12.4 Å². The molecule has 1 aromatic heterocycles. The number of hydrogen-bond donors (Lipinski definition) is 2. The molecule has 1 atom stereocenters. The second-order valence-electron chi connectivity index (χ2n) is 1.75. The number of aromatic nitrogens is 2. The maximum Gasteiger partial charge on any atom is 0.137 e. The molecule has 0 aromatic carbocycles. The highest BCUT2D eigenvalue weighted by Gasteiger charge is 2.04. The lowest BCUT2D eigenvalue weighted by atomic mass is 10.4. The van der Waals surface area contributed by atoms with Crippen molar-refractivity contribution in [3.63, 3.8) is 0 Å². The fourth-order valence-corrected chi connectivity index (χ4v) is 0.564. The van der Waals surface area contributed by atoms with Gasteiger partial charge < -0.3 is 4.98 Å². The zero-order valence-corrected chi connectivity index (χ0v) is 5.16. The molecule has 9 heavy (non-hydrogen) atoms. The van der Waals surface area contributed by atoms with Gasteiger partial charge in [0.2, 0.25) is 0 Å². The Bertz CT molecular complexity index is 161. The van der Waals surface area contributed by atoms with Crippen LogP contribution in [0.5, 0.6) is 0 Å². The minimum Gasteiger partial charge on any atom is -0.346 e. The second kappa shape index (κ2) is 2.61. The molecular weight excluding hydrogens is 118 g/mol. The number of H-pyrrole nitrogens is 1. The van der Waals surface area contributed by atoms with Crippen LogP contribution < -0.4 is 5.90 Å². The van der Waals surface area contributed by atoms with Gasteiger partial charge in [-0.15, -0.1) is 0 Å². The van der Waals surface area contributed by atoms with E-state index in [0.717, 1.165) is 5.82 Å². The summed E-state index contributed by atoms with van der Waals surface area (Å²) in [5.41, 5.74) is 0. The molecule has 1 rings (SSSR count). The van der Waals surface area contributed by atoms with E-state index in [-0.39, 0.29) is 6.10 Å². The first-order valence-corrected chi connectivity index (χ1v) is 2.69. The maximum absolute atomic E-state index is 4.90. The van der Waals surface area contributed by atoms with E-state index in [9.17, 15) is 0 Å². The van der Waals surface area contributed by atoms with Crippen molar-refractivity contribution in [1.82, 2.24) is 9.97 Å². The lowest BCUT2D eigenvalue weighted by Crippen LogP contribution is -2.06. The van der Waals surface area contributed by atoms with E-state index in [0.29, 0.717) is 0 Å². The van der Waals surface area contributed by atoms with Crippen LogP contribution in [0.4, 0.5) is 0 Å². The summed E-state index contributed by atoms with van der Waals surface area (Å²) in [4.78, 5) is 11.3. The molecule has 50 valence electrons. The lowest BCUT2D eigenvalue weighted by Gasteiger charge is -2.02. The third-order valence-electron chi connectivity index (χ3n) is 1.11. The van der Waals surface area contributed by atoms with Crippen LogP contribution in [0.25, 0.3) is 0 Å². The summed E-state index contributed by atoms with van der Waals surface area (Å²) in [6.07, 6.45) is 3.23. The normalized spacial score (nSPS) is 13.6.